The Kier molecular flexibility index (Phi) is 4.47. The van der Waals surface area contributed by atoms with Gasteiger partial charge in [0.05, 0.1) is 18.1 Å². The summed E-state index contributed by atoms with van der Waals surface area (Å²) in [5, 5.41) is 5.90. The van der Waals surface area contributed by atoms with E-state index >= 15 is 0 Å². The van der Waals surface area contributed by atoms with Gasteiger partial charge in [-0.25, -0.2) is 8.42 Å². The number of hydrogen-bond donors (Lipinski definition) is 1. The van der Waals surface area contributed by atoms with Gasteiger partial charge in [-0.15, -0.1) is 0 Å². The number of nitrogens with one attached hydrogen (secondary N) is 1. The molecule has 0 spiro atoms. The zero-order chi connectivity index (χ0) is 16.5. The second-order valence-corrected chi connectivity index (χ2v) is 7.00. The van der Waals surface area contributed by atoms with Crippen LogP contribution < -0.4 is 5.32 Å². The molecule has 1 aromatic rings. The number of anilines is 1. The van der Waals surface area contributed by atoms with E-state index in [1.54, 1.807) is 0 Å². The highest BCUT2D eigenvalue weighted by molar-refractivity contribution is 7.88. The van der Waals surface area contributed by atoms with E-state index in [2.05, 4.69) is 10.4 Å². The Morgan fingerprint density at radius 3 is 2.77 bits per heavy atom. The minimum atomic E-state index is -4.41. The number of nitrogens with zero attached hydrogens (tertiary/aromatic N) is 3. The van der Waals surface area contributed by atoms with Crippen molar-refractivity contribution in [3.8, 4) is 0 Å². The highest BCUT2D eigenvalue weighted by atomic mass is 32.2. The molecule has 1 N–H and O–H groups in total. The third-order valence-electron chi connectivity index (χ3n) is 3.17. The molecule has 124 valence electrons. The molecule has 1 aliphatic rings. The summed E-state index contributed by atoms with van der Waals surface area (Å²) in [6.45, 7) is -1.01. The van der Waals surface area contributed by atoms with Crippen LogP contribution in [0.25, 0.3) is 0 Å². The second kappa shape index (κ2) is 5.88. The zero-order valence-electron chi connectivity index (χ0n) is 11.7. The summed E-state index contributed by atoms with van der Waals surface area (Å²) >= 11 is 0. The molecule has 7 nitrogen and oxygen atoms in total. The van der Waals surface area contributed by atoms with Gasteiger partial charge in [0.2, 0.25) is 15.9 Å². The van der Waals surface area contributed by atoms with Crippen molar-refractivity contribution in [2.24, 2.45) is 0 Å². The first-order valence-electron chi connectivity index (χ1n) is 6.43. The van der Waals surface area contributed by atoms with E-state index in [-0.39, 0.29) is 12.2 Å². The molecule has 0 aliphatic carbocycles. The van der Waals surface area contributed by atoms with Crippen LogP contribution in [0.15, 0.2) is 12.4 Å². The number of carbonyl (C=O) groups is 1. The molecule has 2 rings (SSSR count). The Morgan fingerprint density at radius 1 is 1.50 bits per heavy atom. The number of amides is 1. The SMILES string of the molecule is CS(=O)(=O)N1CCCC1C(=O)Nc1cnn(CC(F)(F)F)c1. The summed E-state index contributed by atoms with van der Waals surface area (Å²) in [6.07, 6.45) is -0.339. The van der Waals surface area contributed by atoms with Crippen LogP contribution in [0.2, 0.25) is 0 Å². The fraction of sp³-hybridized carbons (Fsp3) is 0.636. The highest BCUT2D eigenvalue weighted by Crippen LogP contribution is 2.22. The van der Waals surface area contributed by atoms with Crippen molar-refractivity contribution in [2.75, 3.05) is 18.1 Å². The van der Waals surface area contributed by atoms with Crippen LogP contribution in [0.5, 0.6) is 0 Å². The van der Waals surface area contributed by atoms with Crippen molar-refractivity contribution in [3.63, 3.8) is 0 Å². The number of carbonyl (C=O) groups excluding carboxylic acids is 1. The van der Waals surface area contributed by atoms with Gasteiger partial charge in [0, 0.05) is 12.7 Å². The Balaban J connectivity index is 2.03. The predicted octanol–water partition coefficient (Wildman–Crippen LogP) is 0.808. The van der Waals surface area contributed by atoms with Gasteiger partial charge in [-0.2, -0.15) is 22.6 Å². The van der Waals surface area contributed by atoms with E-state index in [0.717, 1.165) is 23.0 Å². The van der Waals surface area contributed by atoms with Crippen LogP contribution in [-0.4, -0.2) is 53.4 Å². The molecule has 1 unspecified atom stereocenters. The summed E-state index contributed by atoms with van der Waals surface area (Å²) in [5.74, 6) is -0.575. The fourth-order valence-electron chi connectivity index (χ4n) is 2.32. The van der Waals surface area contributed by atoms with Crippen LogP contribution in [0.1, 0.15) is 12.8 Å². The first kappa shape index (κ1) is 16.7. The lowest BCUT2D eigenvalue weighted by atomic mass is 10.2. The van der Waals surface area contributed by atoms with E-state index < -0.39 is 34.7 Å². The third kappa shape index (κ3) is 4.19. The van der Waals surface area contributed by atoms with E-state index in [9.17, 15) is 26.4 Å². The quantitative estimate of drug-likeness (QED) is 0.879. The number of sulfonamides is 1. The Morgan fingerprint density at radius 2 is 2.18 bits per heavy atom. The molecule has 0 saturated carbocycles. The number of halogens is 3. The average molecular weight is 340 g/mol. The van der Waals surface area contributed by atoms with Crippen LogP contribution in [0.3, 0.4) is 0 Å². The molecule has 1 saturated heterocycles. The predicted molar refractivity (Wildman–Crippen MR) is 71.5 cm³/mol. The van der Waals surface area contributed by atoms with Gasteiger partial charge >= 0.3 is 6.18 Å². The molecule has 0 aromatic carbocycles. The molecule has 2 heterocycles. The first-order valence-corrected chi connectivity index (χ1v) is 8.28. The normalized spacial score (nSPS) is 20.3. The summed E-state index contributed by atoms with van der Waals surface area (Å²) in [5.41, 5.74) is 0.0922. The molecule has 22 heavy (non-hydrogen) atoms. The molecule has 1 atom stereocenters. The topological polar surface area (TPSA) is 84.3 Å². The van der Waals surface area contributed by atoms with E-state index in [1.807, 2.05) is 0 Å². The maximum Gasteiger partial charge on any atom is 0.408 e. The van der Waals surface area contributed by atoms with Gasteiger partial charge in [-0.1, -0.05) is 0 Å². The van der Waals surface area contributed by atoms with Crippen LogP contribution >= 0.6 is 0 Å². The molecule has 0 bridgehead atoms. The van der Waals surface area contributed by atoms with Crippen molar-refractivity contribution in [3.05, 3.63) is 12.4 Å². The standard InChI is InChI=1S/C11H15F3N4O3S/c1-22(20,21)18-4-2-3-9(18)10(19)16-8-5-15-17(6-8)7-11(12,13)14/h5-6,9H,2-4,7H2,1H3,(H,16,19). The minimum Gasteiger partial charge on any atom is -0.322 e. The van der Waals surface area contributed by atoms with Gasteiger partial charge < -0.3 is 5.32 Å². The Bertz CT molecular complexity index is 656. The summed E-state index contributed by atoms with van der Waals surface area (Å²) in [4.78, 5) is 12.1. The Hall–Kier alpha value is -1.62. The van der Waals surface area contributed by atoms with Gasteiger partial charge in [0.25, 0.3) is 0 Å². The first-order chi connectivity index (χ1) is 10.1. The minimum absolute atomic E-state index is 0.0922. The van der Waals surface area contributed by atoms with Crippen molar-refractivity contribution >= 4 is 21.6 Å². The molecule has 1 aromatic heterocycles. The van der Waals surface area contributed by atoms with Crippen LogP contribution in [0.4, 0.5) is 18.9 Å². The third-order valence-corrected chi connectivity index (χ3v) is 4.46. The second-order valence-electron chi connectivity index (χ2n) is 5.06. The van der Waals surface area contributed by atoms with Gasteiger partial charge in [0.1, 0.15) is 12.6 Å². The molecule has 1 amide bonds. The largest absolute Gasteiger partial charge is 0.408 e. The van der Waals surface area contributed by atoms with E-state index in [0.29, 0.717) is 17.5 Å². The van der Waals surface area contributed by atoms with Crippen LogP contribution in [0, 0.1) is 0 Å². The Labute approximate surface area is 125 Å². The summed E-state index contributed by atoms with van der Waals surface area (Å²) in [6, 6.07) is -0.846. The molecule has 1 fully saturated rings. The fourth-order valence-corrected chi connectivity index (χ4v) is 3.45. The maximum absolute atomic E-state index is 12.2. The van der Waals surface area contributed by atoms with Crippen molar-refractivity contribution in [1.29, 1.82) is 0 Å². The van der Waals surface area contributed by atoms with Crippen LogP contribution in [-0.2, 0) is 21.4 Å². The smallest absolute Gasteiger partial charge is 0.322 e. The summed E-state index contributed by atoms with van der Waals surface area (Å²) < 4.78 is 61.5. The van der Waals surface area contributed by atoms with Gasteiger partial charge in [-0.05, 0) is 12.8 Å². The maximum atomic E-state index is 12.2. The van der Waals surface area contributed by atoms with E-state index in [4.69, 9.17) is 0 Å². The molecule has 0 radical (unpaired) electrons. The average Bonchev–Trinajstić information content (AvgIpc) is 2.94. The lowest BCUT2D eigenvalue weighted by Gasteiger charge is -2.20. The van der Waals surface area contributed by atoms with Crippen molar-refractivity contribution in [1.82, 2.24) is 14.1 Å². The van der Waals surface area contributed by atoms with Gasteiger partial charge in [0.15, 0.2) is 0 Å². The zero-order valence-corrected chi connectivity index (χ0v) is 12.5. The number of rotatable bonds is 4. The highest BCUT2D eigenvalue weighted by Gasteiger charge is 2.36. The number of hydrogen-bond acceptors (Lipinski definition) is 4. The van der Waals surface area contributed by atoms with Crippen molar-refractivity contribution in [2.45, 2.75) is 31.6 Å². The number of alkyl halides is 3. The van der Waals surface area contributed by atoms with E-state index in [1.165, 1.54) is 0 Å². The van der Waals surface area contributed by atoms with Crippen molar-refractivity contribution < 1.29 is 26.4 Å². The number of aromatic nitrogens is 2. The van der Waals surface area contributed by atoms with Gasteiger partial charge in [-0.3, -0.25) is 9.48 Å². The summed E-state index contributed by atoms with van der Waals surface area (Å²) in [7, 11) is -3.50. The lowest BCUT2D eigenvalue weighted by molar-refractivity contribution is -0.142. The molecular formula is C11H15F3N4O3S. The molecule has 11 heteroatoms. The monoisotopic (exact) mass is 340 g/mol. The molecule has 1 aliphatic heterocycles. The lowest BCUT2D eigenvalue weighted by Crippen LogP contribution is -2.42. The molecular weight excluding hydrogens is 325 g/mol.